The molecule has 0 fully saturated rings. The first-order chi connectivity index (χ1) is 21.6. The van der Waals surface area contributed by atoms with Crippen molar-refractivity contribution in [2.45, 2.75) is 19.3 Å². The van der Waals surface area contributed by atoms with Crippen LogP contribution in [-0.4, -0.2) is 4.98 Å². The molecular weight excluding hydrogens is 530 g/mol. The Labute approximate surface area is 257 Å². The van der Waals surface area contributed by atoms with Crippen LogP contribution in [0, 0.1) is 0 Å². The normalized spacial score (nSPS) is 13.4. The van der Waals surface area contributed by atoms with E-state index in [1.54, 1.807) is 0 Å². The molecule has 0 saturated carbocycles. The molecule has 208 valence electrons. The zero-order valence-corrected chi connectivity index (χ0v) is 24.9. The lowest BCUT2D eigenvalue weighted by Crippen LogP contribution is -2.14. The summed E-state index contributed by atoms with van der Waals surface area (Å²) in [6, 6.07) is 53.5. The number of rotatable bonds is 3. The molecular formula is C43H31N. The van der Waals surface area contributed by atoms with E-state index < -0.39 is 0 Å². The number of H-pyrrole nitrogens is 1. The van der Waals surface area contributed by atoms with Crippen LogP contribution in [0.15, 0.2) is 146 Å². The monoisotopic (exact) mass is 561 g/mol. The van der Waals surface area contributed by atoms with Gasteiger partial charge in [-0.3, -0.25) is 0 Å². The summed E-state index contributed by atoms with van der Waals surface area (Å²) in [7, 11) is 0. The Balaban J connectivity index is 1.17. The van der Waals surface area contributed by atoms with E-state index >= 15 is 0 Å². The second kappa shape index (κ2) is 9.30. The Bertz CT molecular complexity index is 2420. The summed E-state index contributed by atoms with van der Waals surface area (Å²) < 4.78 is 0. The van der Waals surface area contributed by atoms with Gasteiger partial charge in [0, 0.05) is 27.1 Å². The zero-order chi connectivity index (χ0) is 29.4. The maximum Gasteiger partial charge on any atom is 0.0544 e. The Morgan fingerprint density at radius 2 is 0.977 bits per heavy atom. The lowest BCUT2D eigenvalue weighted by atomic mass is 9.82. The summed E-state index contributed by atoms with van der Waals surface area (Å²) in [6.45, 7) is 4.69. The molecule has 1 heterocycles. The molecule has 8 aromatic rings. The van der Waals surface area contributed by atoms with Crippen molar-refractivity contribution in [1.82, 2.24) is 4.98 Å². The molecule has 0 spiro atoms. The van der Waals surface area contributed by atoms with Gasteiger partial charge in [-0.1, -0.05) is 147 Å². The fourth-order valence-corrected chi connectivity index (χ4v) is 7.64. The van der Waals surface area contributed by atoms with Crippen molar-refractivity contribution >= 4 is 32.6 Å². The van der Waals surface area contributed by atoms with E-state index in [0.717, 1.165) is 0 Å². The van der Waals surface area contributed by atoms with Crippen molar-refractivity contribution in [3.8, 4) is 44.5 Å². The standard InChI is InChI=1S/C43H31N/c1-43(2)38-21-6-5-17-37(38)40-32(18-10-22-39(40)43)30-14-7-12-28(25-30)29-13-8-15-31(26-29)34-19-9-20-35-36-24-23-27-11-3-4-16-33(27)41(36)44-42(34)35/h3-26,44H,1-2H3. The molecule has 0 bridgehead atoms. The first-order valence-electron chi connectivity index (χ1n) is 15.4. The minimum atomic E-state index is -0.0101. The molecule has 1 N–H and O–H groups in total. The predicted octanol–water partition coefficient (Wildman–Crippen LogP) is 11.8. The van der Waals surface area contributed by atoms with E-state index in [9.17, 15) is 0 Å². The van der Waals surface area contributed by atoms with E-state index in [-0.39, 0.29) is 5.41 Å². The highest BCUT2D eigenvalue weighted by atomic mass is 14.7. The summed E-state index contributed by atoms with van der Waals surface area (Å²) in [5.41, 5.74) is 15.4. The third-order valence-corrected chi connectivity index (χ3v) is 9.82. The van der Waals surface area contributed by atoms with Gasteiger partial charge in [0.1, 0.15) is 0 Å². The molecule has 0 saturated heterocycles. The fourth-order valence-electron chi connectivity index (χ4n) is 7.64. The van der Waals surface area contributed by atoms with Crippen molar-refractivity contribution < 1.29 is 0 Å². The van der Waals surface area contributed by atoms with Gasteiger partial charge in [-0.2, -0.15) is 0 Å². The third-order valence-electron chi connectivity index (χ3n) is 9.82. The Morgan fingerprint density at radius 3 is 1.82 bits per heavy atom. The molecule has 1 aromatic heterocycles. The predicted molar refractivity (Wildman–Crippen MR) is 187 cm³/mol. The maximum absolute atomic E-state index is 3.82. The number of nitrogens with one attached hydrogen (secondary N) is 1. The molecule has 1 nitrogen and oxygen atoms in total. The molecule has 7 aromatic carbocycles. The first-order valence-corrected chi connectivity index (χ1v) is 15.4. The van der Waals surface area contributed by atoms with Crippen molar-refractivity contribution in [3.05, 3.63) is 157 Å². The molecule has 0 unspecified atom stereocenters. The molecule has 9 rings (SSSR count). The number of aromatic amines is 1. The molecule has 0 atom stereocenters. The Morgan fingerprint density at radius 1 is 0.409 bits per heavy atom. The van der Waals surface area contributed by atoms with Gasteiger partial charge in [0.25, 0.3) is 0 Å². The molecule has 1 aliphatic carbocycles. The average molecular weight is 562 g/mol. The SMILES string of the molecule is CC1(C)c2ccccc2-c2c(-c3cccc(-c4cccc(-c5cccc6c5[nH]c5c7ccccc7ccc65)c4)c3)cccc21. The van der Waals surface area contributed by atoms with Crippen LogP contribution in [0.25, 0.3) is 77.1 Å². The topological polar surface area (TPSA) is 15.8 Å². The molecule has 44 heavy (non-hydrogen) atoms. The van der Waals surface area contributed by atoms with Gasteiger partial charge >= 0.3 is 0 Å². The molecule has 0 aliphatic heterocycles. The van der Waals surface area contributed by atoms with E-state index in [1.807, 2.05) is 0 Å². The van der Waals surface area contributed by atoms with Crippen LogP contribution >= 0.6 is 0 Å². The number of para-hydroxylation sites is 1. The Hall–Kier alpha value is -5.40. The van der Waals surface area contributed by atoms with Crippen LogP contribution in [0.5, 0.6) is 0 Å². The van der Waals surface area contributed by atoms with Crippen LogP contribution in [0.2, 0.25) is 0 Å². The van der Waals surface area contributed by atoms with E-state index in [1.165, 1.54) is 88.2 Å². The van der Waals surface area contributed by atoms with Crippen LogP contribution in [0.3, 0.4) is 0 Å². The van der Waals surface area contributed by atoms with Gasteiger partial charge in [-0.25, -0.2) is 0 Å². The second-order valence-corrected chi connectivity index (χ2v) is 12.6. The lowest BCUT2D eigenvalue weighted by molar-refractivity contribution is 0.660. The summed E-state index contributed by atoms with van der Waals surface area (Å²) in [5, 5.41) is 5.04. The third kappa shape index (κ3) is 3.59. The molecule has 1 heteroatoms. The summed E-state index contributed by atoms with van der Waals surface area (Å²) in [5.74, 6) is 0. The summed E-state index contributed by atoms with van der Waals surface area (Å²) in [6.07, 6.45) is 0. The highest BCUT2D eigenvalue weighted by molar-refractivity contribution is 6.19. The van der Waals surface area contributed by atoms with Crippen LogP contribution in [0.4, 0.5) is 0 Å². The second-order valence-electron chi connectivity index (χ2n) is 12.6. The summed E-state index contributed by atoms with van der Waals surface area (Å²) in [4.78, 5) is 3.82. The lowest BCUT2D eigenvalue weighted by Gasteiger charge is -2.21. The van der Waals surface area contributed by atoms with Gasteiger partial charge in [0.05, 0.1) is 11.0 Å². The fraction of sp³-hybridized carbons (Fsp3) is 0.0698. The maximum atomic E-state index is 3.82. The summed E-state index contributed by atoms with van der Waals surface area (Å²) >= 11 is 0. The number of hydrogen-bond acceptors (Lipinski definition) is 0. The van der Waals surface area contributed by atoms with Gasteiger partial charge in [0.15, 0.2) is 0 Å². The quantitative estimate of drug-likeness (QED) is 0.221. The molecule has 0 radical (unpaired) electrons. The van der Waals surface area contributed by atoms with Crippen LogP contribution in [0.1, 0.15) is 25.0 Å². The minimum Gasteiger partial charge on any atom is -0.353 e. The number of hydrogen-bond donors (Lipinski definition) is 1. The highest BCUT2D eigenvalue weighted by Crippen LogP contribution is 2.52. The number of benzene rings is 7. The van der Waals surface area contributed by atoms with Crippen molar-refractivity contribution in [2.24, 2.45) is 0 Å². The van der Waals surface area contributed by atoms with Crippen LogP contribution < -0.4 is 0 Å². The van der Waals surface area contributed by atoms with Crippen molar-refractivity contribution in [1.29, 1.82) is 0 Å². The smallest absolute Gasteiger partial charge is 0.0544 e. The van der Waals surface area contributed by atoms with E-state index in [4.69, 9.17) is 0 Å². The minimum absolute atomic E-state index is 0.0101. The molecule has 1 aliphatic rings. The van der Waals surface area contributed by atoms with Crippen molar-refractivity contribution in [3.63, 3.8) is 0 Å². The Kier molecular flexibility index (Phi) is 5.31. The molecule has 0 amide bonds. The van der Waals surface area contributed by atoms with Gasteiger partial charge in [-0.05, 0) is 67.6 Å². The van der Waals surface area contributed by atoms with Crippen molar-refractivity contribution in [2.75, 3.05) is 0 Å². The zero-order valence-electron chi connectivity index (χ0n) is 24.9. The van der Waals surface area contributed by atoms with Gasteiger partial charge in [-0.15, -0.1) is 0 Å². The van der Waals surface area contributed by atoms with E-state index in [2.05, 4.69) is 164 Å². The number of fused-ring (bicyclic) bond motifs is 8. The number of aromatic nitrogens is 1. The van der Waals surface area contributed by atoms with Gasteiger partial charge in [0.2, 0.25) is 0 Å². The first kappa shape index (κ1) is 25.1. The van der Waals surface area contributed by atoms with E-state index in [0.29, 0.717) is 0 Å². The average Bonchev–Trinajstić information content (AvgIpc) is 3.58. The highest BCUT2D eigenvalue weighted by Gasteiger charge is 2.36. The van der Waals surface area contributed by atoms with Crippen LogP contribution in [-0.2, 0) is 5.41 Å². The largest absolute Gasteiger partial charge is 0.353 e. The van der Waals surface area contributed by atoms with Gasteiger partial charge < -0.3 is 4.98 Å².